The number of benzene rings is 3. The average Bonchev–Trinajstić information content (AvgIpc) is 2.85. The second-order valence-corrected chi connectivity index (χ2v) is 8.04. The van der Waals surface area contributed by atoms with E-state index in [1.165, 1.54) is 0 Å². The van der Waals surface area contributed by atoms with E-state index in [2.05, 4.69) is 10.2 Å². The van der Waals surface area contributed by atoms with Crippen molar-refractivity contribution in [2.45, 2.75) is 6.92 Å². The van der Waals surface area contributed by atoms with Crippen LogP contribution in [-0.4, -0.2) is 37.2 Å². The van der Waals surface area contributed by atoms with Crippen molar-refractivity contribution in [2.24, 2.45) is 0 Å². The smallest absolute Gasteiger partial charge is 0.256 e. The van der Waals surface area contributed by atoms with Gasteiger partial charge in [0.15, 0.2) is 0 Å². The van der Waals surface area contributed by atoms with Crippen LogP contribution in [0.2, 0.25) is 0 Å². The van der Waals surface area contributed by atoms with Crippen LogP contribution < -0.4 is 10.2 Å². The number of carbonyl (C=O) groups excluding carboxylic acids is 1. The minimum Gasteiger partial charge on any atom is -0.378 e. The summed E-state index contributed by atoms with van der Waals surface area (Å²) < 4.78 is 5.43. The fraction of sp³-hybridized carbons (Fsp3) is 0.185. The highest BCUT2D eigenvalue weighted by Gasteiger charge is 2.16. The number of aryl methyl sites for hydroxylation is 1. The molecule has 0 bridgehead atoms. The topological polar surface area (TPSA) is 54.5 Å². The van der Waals surface area contributed by atoms with Crippen molar-refractivity contribution >= 4 is 28.2 Å². The zero-order valence-electron chi connectivity index (χ0n) is 18.0. The Morgan fingerprint density at radius 3 is 2.44 bits per heavy atom. The molecule has 4 aromatic rings. The molecule has 1 aromatic heterocycles. The number of pyridine rings is 1. The molecular weight excluding hydrogens is 398 g/mol. The number of carbonyl (C=O) groups is 1. The zero-order chi connectivity index (χ0) is 21.9. The van der Waals surface area contributed by atoms with Crippen LogP contribution in [0.25, 0.3) is 22.2 Å². The lowest BCUT2D eigenvalue weighted by Gasteiger charge is -2.28. The van der Waals surface area contributed by atoms with Gasteiger partial charge in [0.2, 0.25) is 0 Å². The average molecular weight is 424 g/mol. The van der Waals surface area contributed by atoms with Gasteiger partial charge in [0, 0.05) is 35.4 Å². The van der Waals surface area contributed by atoms with Crippen molar-refractivity contribution in [3.05, 3.63) is 90.0 Å². The van der Waals surface area contributed by atoms with E-state index in [1.807, 2.05) is 85.8 Å². The molecule has 1 aliphatic heterocycles. The first-order valence-electron chi connectivity index (χ1n) is 10.9. The Hall–Kier alpha value is -3.70. The summed E-state index contributed by atoms with van der Waals surface area (Å²) in [7, 11) is 0. The van der Waals surface area contributed by atoms with Gasteiger partial charge in [-0.15, -0.1) is 0 Å². The number of aromatic nitrogens is 1. The van der Waals surface area contributed by atoms with Crippen LogP contribution in [0.15, 0.2) is 78.9 Å². The van der Waals surface area contributed by atoms with E-state index < -0.39 is 0 Å². The number of hydrogen-bond donors (Lipinski definition) is 1. The lowest BCUT2D eigenvalue weighted by molar-refractivity contribution is 0.102. The summed E-state index contributed by atoms with van der Waals surface area (Å²) >= 11 is 0. The minimum absolute atomic E-state index is 0.140. The standard InChI is InChI=1S/C27H25N3O2/c1-19-7-12-25-23(17-19)24(18-26(29-25)20-5-3-2-4-6-20)27(31)28-21-8-10-22(11-9-21)30-13-15-32-16-14-30/h2-12,17-18H,13-16H2,1H3,(H,28,31). The first-order valence-corrected chi connectivity index (χ1v) is 10.9. The molecule has 0 spiro atoms. The number of nitrogens with one attached hydrogen (secondary N) is 1. The molecule has 0 atom stereocenters. The second-order valence-electron chi connectivity index (χ2n) is 8.04. The van der Waals surface area contributed by atoms with Gasteiger partial charge in [-0.25, -0.2) is 4.98 Å². The predicted octanol–water partition coefficient (Wildman–Crippen LogP) is 5.30. The maximum absolute atomic E-state index is 13.3. The van der Waals surface area contributed by atoms with Crippen LogP contribution in [-0.2, 0) is 4.74 Å². The van der Waals surface area contributed by atoms with Gasteiger partial charge in [-0.2, -0.15) is 0 Å². The summed E-state index contributed by atoms with van der Waals surface area (Å²) in [4.78, 5) is 20.4. The molecule has 5 nitrogen and oxygen atoms in total. The van der Waals surface area contributed by atoms with Gasteiger partial charge in [-0.1, -0.05) is 42.0 Å². The first-order chi connectivity index (χ1) is 15.7. The van der Waals surface area contributed by atoms with Crippen LogP contribution in [0.5, 0.6) is 0 Å². The Balaban J connectivity index is 1.46. The van der Waals surface area contributed by atoms with Crippen molar-refractivity contribution < 1.29 is 9.53 Å². The molecule has 1 aliphatic rings. The third-order valence-corrected chi connectivity index (χ3v) is 5.78. The Labute approximate surface area is 187 Å². The van der Waals surface area contributed by atoms with Gasteiger partial charge in [-0.05, 0) is 49.4 Å². The molecule has 1 N–H and O–H groups in total. The molecule has 1 amide bonds. The number of rotatable bonds is 4. The van der Waals surface area contributed by atoms with E-state index in [9.17, 15) is 4.79 Å². The van der Waals surface area contributed by atoms with Gasteiger partial charge >= 0.3 is 0 Å². The van der Waals surface area contributed by atoms with Gasteiger partial charge in [0.25, 0.3) is 5.91 Å². The third-order valence-electron chi connectivity index (χ3n) is 5.78. The largest absolute Gasteiger partial charge is 0.378 e. The van der Waals surface area contributed by atoms with Crippen molar-refractivity contribution in [3.63, 3.8) is 0 Å². The van der Waals surface area contributed by atoms with Crippen LogP contribution >= 0.6 is 0 Å². The maximum atomic E-state index is 13.3. The van der Waals surface area contributed by atoms with Crippen molar-refractivity contribution in [1.29, 1.82) is 0 Å². The van der Waals surface area contributed by atoms with Crippen molar-refractivity contribution in [3.8, 4) is 11.3 Å². The number of ether oxygens (including phenoxy) is 1. The summed E-state index contributed by atoms with van der Waals surface area (Å²) in [6.45, 7) is 5.29. The molecule has 2 heterocycles. The minimum atomic E-state index is -0.140. The number of anilines is 2. The van der Waals surface area contributed by atoms with Crippen LogP contribution in [0, 0.1) is 6.92 Å². The highest BCUT2D eigenvalue weighted by Crippen LogP contribution is 2.27. The predicted molar refractivity (Wildman–Crippen MR) is 129 cm³/mol. The number of amides is 1. The molecule has 1 fully saturated rings. The summed E-state index contributed by atoms with van der Waals surface area (Å²) in [6.07, 6.45) is 0. The second kappa shape index (κ2) is 8.81. The van der Waals surface area contributed by atoms with Crippen molar-refractivity contribution in [1.82, 2.24) is 4.98 Å². The van der Waals surface area contributed by atoms with E-state index in [0.717, 1.165) is 65.4 Å². The fourth-order valence-electron chi connectivity index (χ4n) is 4.06. The van der Waals surface area contributed by atoms with Gasteiger partial charge in [0.05, 0.1) is 30.0 Å². The Morgan fingerprint density at radius 2 is 1.69 bits per heavy atom. The van der Waals surface area contributed by atoms with E-state index in [4.69, 9.17) is 9.72 Å². The van der Waals surface area contributed by atoms with Crippen molar-refractivity contribution in [2.75, 3.05) is 36.5 Å². The highest BCUT2D eigenvalue weighted by atomic mass is 16.5. The quantitative estimate of drug-likeness (QED) is 0.484. The summed E-state index contributed by atoms with van der Waals surface area (Å²) in [6, 6.07) is 25.9. The summed E-state index contributed by atoms with van der Waals surface area (Å²) in [5.74, 6) is -0.140. The number of fused-ring (bicyclic) bond motifs is 1. The molecule has 0 radical (unpaired) electrons. The molecule has 0 aliphatic carbocycles. The van der Waals surface area contributed by atoms with E-state index in [-0.39, 0.29) is 5.91 Å². The van der Waals surface area contributed by atoms with Crippen LogP contribution in [0.3, 0.4) is 0 Å². The maximum Gasteiger partial charge on any atom is 0.256 e. The van der Waals surface area contributed by atoms with E-state index in [1.54, 1.807) is 0 Å². The molecule has 3 aromatic carbocycles. The lowest BCUT2D eigenvalue weighted by Crippen LogP contribution is -2.36. The van der Waals surface area contributed by atoms with Gasteiger partial charge in [0.1, 0.15) is 0 Å². The van der Waals surface area contributed by atoms with Gasteiger partial charge < -0.3 is 15.0 Å². The monoisotopic (exact) mass is 423 g/mol. The Kier molecular flexibility index (Phi) is 5.57. The zero-order valence-corrected chi connectivity index (χ0v) is 18.0. The van der Waals surface area contributed by atoms with E-state index >= 15 is 0 Å². The molecule has 5 rings (SSSR count). The lowest BCUT2D eigenvalue weighted by atomic mass is 10.0. The molecule has 32 heavy (non-hydrogen) atoms. The third kappa shape index (κ3) is 4.20. The molecule has 1 saturated heterocycles. The Morgan fingerprint density at radius 1 is 0.938 bits per heavy atom. The van der Waals surface area contributed by atoms with E-state index in [0.29, 0.717) is 5.56 Å². The number of nitrogens with zero attached hydrogens (tertiary/aromatic N) is 2. The number of morpholine rings is 1. The molecule has 0 saturated carbocycles. The highest BCUT2D eigenvalue weighted by molar-refractivity contribution is 6.13. The molecular formula is C27H25N3O2. The fourth-order valence-corrected chi connectivity index (χ4v) is 4.06. The SMILES string of the molecule is Cc1ccc2nc(-c3ccccc3)cc(C(=O)Nc3ccc(N4CCOCC4)cc3)c2c1. The van der Waals surface area contributed by atoms with Gasteiger partial charge in [-0.3, -0.25) is 4.79 Å². The number of hydrogen-bond acceptors (Lipinski definition) is 4. The first kappa shape index (κ1) is 20.2. The normalized spacial score (nSPS) is 13.8. The Bertz CT molecular complexity index is 1250. The van der Waals surface area contributed by atoms with Crippen LogP contribution in [0.4, 0.5) is 11.4 Å². The summed E-state index contributed by atoms with van der Waals surface area (Å²) in [5.41, 5.74) is 6.21. The molecule has 0 unspecified atom stereocenters. The molecule has 160 valence electrons. The summed E-state index contributed by atoms with van der Waals surface area (Å²) in [5, 5.41) is 3.92. The molecule has 5 heteroatoms. The van der Waals surface area contributed by atoms with Crippen LogP contribution in [0.1, 0.15) is 15.9 Å².